The van der Waals surface area contributed by atoms with Crippen molar-refractivity contribution in [2.45, 2.75) is 0 Å². The summed E-state index contributed by atoms with van der Waals surface area (Å²) >= 11 is 0. The van der Waals surface area contributed by atoms with Gasteiger partial charge in [-0.3, -0.25) is 0 Å². The van der Waals surface area contributed by atoms with Gasteiger partial charge in [-0.1, -0.05) is 0 Å². The van der Waals surface area contributed by atoms with Gasteiger partial charge in [0.15, 0.2) is 0 Å². The molecular weight excluding hydrogens is 150 g/mol. The van der Waals surface area contributed by atoms with Crippen molar-refractivity contribution in [3.63, 3.8) is 0 Å². The molecule has 0 aliphatic heterocycles. The minimum Gasteiger partial charge on any atom is -0.491 e. The van der Waals surface area contributed by atoms with E-state index in [9.17, 15) is 8.78 Å². The molecule has 1 nitrogen and oxygen atoms in total. The molecule has 0 atom stereocenters. The zero-order valence-electron chi connectivity index (χ0n) is 5.81. The summed E-state index contributed by atoms with van der Waals surface area (Å²) in [6.45, 7) is -0.607. The molecule has 0 heterocycles. The maximum absolute atomic E-state index is 12.4. The molecule has 3 heteroatoms. The molecule has 0 unspecified atom stereocenters. The summed E-state index contributed by atoms with van der Waals surface area (Å²) in [7, 11) is 0. The van der Waals surface area contributed by atoms with Crippen molar-refractivity contribution in [1.82, 2.24) is 0 Å². The Bertz CT molecular complexity index is 225. The molecule has 0 aliphatic carbocycles. The van der Waals surface area contributed by atoms with Crippen LogP contribution in [0.3, 0.4) is 0 Å². The lowest BCUT2D eigenvalue weighted by Crippen LogP contribution is -1.98. The highest BCUT2D eigenvalue weighted by molar-refractivity contribution is 5.21. The Kier molecular flexibility index (Phi) is 2.83. The van der Waals surface area contributed by atoms with Crippen LogP contribution in [0.2, 0.25) is 0 Å². The lowest BCUT2D eigenvalue weighted by molar-refractivity contribution is 0.272. The smallest absolute Gasteiger partial charge is 0.134 e. The summed E-state index contributed by atoms with van der Waals surface area (Å²) in [4.78, 5) is 0. The van der Waals surface area contributed by atoms with Crippen molar-refractivity contribution >= 4 is 0 Å². The van der Waals surface area contributed by atoms with Crippen LogP contribution in [0.4, 0.5) is 8.78 Å². The van der Waals surface area contributed by atoms with Crippen LogP contribution < -0.4 is 4.74 Å². The molecule has 0 bridgehead atoms. The Morgan fingerprint density at radius 3 is 3.00 bits per heavy atom. The summed E-state index contributed by atoms with van der Waals surface area (Å²) < 4.78 is 28.7. The summed E-state index contributed by atoms with van der Waals surface area (Å²) in [5.74, 6) is -0.166. The second-order valence-corrected chi connectivity index (χ2v) is 1.91. The Morgan fingerprint density at radius 2 is 2.36 bits per heavy atom. The van der Waals surface area contributed by atoms with E-state index in [1.807, 2.05) is 0 Å². The van der Waals surface area contributed by atoms with E-state index in [1.165, 1.54) is 12.1 Å². The van der Waals surface area contributed by atoms with E-state index < -0.39 is 12.5 Å². The highest BCUT2D eigenvalue weighted by atomic mass is 19.1. The Hall–Kier alpha value is -1.12. The molecule has 1 aromatic rings. The van der Waals surface area contributed by atoms with Crippen LogP contribution in [0.1, 0.15) is 0 Å². The predicted molar refractivity (Wildman–Crippen MR) is 36.7 cm³/mol. The third-order valence-corrected chi connectivity index (χ3v) is 1.08. The highest BCUT2D eigenvalue weighted by Gasteiger charge is 1.94. The number of hydrogen-bond donors (Lipinski definition) is 0. The molecule has 1 aromatic carbocycles. The fourth-order valence-corrected chi connectivity index (χ4v) is 0.664. The van der Waals surface area contributed by atoms with Gasteiger partial charge < -0.3 is 4.74 Å². The van der Waals surface area contributed by atoms with Gasteiger partial charge >= 0.3 is 0 Å². The van der Waals surface area contributed by atoms with Crippen LogP contribution >= 0.6 is 0 Å². The van der Waals surface area contributed by atoms with Gasteiger partial charge in [-0.15, -0.1) is 0 Å². The van der Waals surface area contributed by atoms with Crippen LogP contribution in [0, 0.1) is 11.9 Å². The van der Waals surface area contributed by atoms with Crippen LogP contribution in [0.25, 0.3) is 0 Å². The van der Waals surface area contributed by atoms with Crippen molar-refractivity contribution in [3.8, 4) is 5.75 Å². The highest BCUT2D eigenvalue weighted by Crippen LogP contribution is 2.10. The first-order valence-corrected chi connectivity index (χ1v) is 3.19. The summed E-state index contributed by atoms with van der Waals surface area (Å²) in [5.41, 5.74) is 0. The van der Waals surface area contributed by atoms with E-state index in [1.54, 1.807) is 0 Å². The van der Waals surface area contributed by atoms with Crippen molar-refractivity contribution in [2.24, 2.45) is 0 Å². The second-order valence-electron chi connectivity index (χ2n) is 1.91. The minimum absolute atomic E-state index is 0.0382. The maximum atomic E-state index is 12.4. The SMILES string of the molecule is FCCOc1cc[c]c(F)c1. The molecular formula is C8H7F2O. The van der Waals surface area contributed by atoms with Gasteiger partial charge in [0.2, 0.25) is 0 Å². The monoisotopic (exact) mass is 157 g/mol. The molecule has 59 valence electrons. The molecule has 0 N–H and O–H groups in total. The summed E-state index contributed by atoms with van der Waals surface area (Å²) in [6, 6.07) is 6.39. The van der Waals surface area contributed by atoms with Gasteiger partial charge in [0.25, 0.3) is 0 Å². The number of rotatable bonds is 3. The molecule has 0 spiro atoms. The minimum atomic E-state index is -0.569. The fraction of sp³-hybridized carbons (Fsp3) is 0.250. The van der Waals surface area contributed by atoms with Crippen molar-refractivity contribution in [2.75, 3.05) is 13.3 Å². The number of ether oxygens (including phenoxy) is 1. The first-order valence-electron chi connectivity index (χ1n) is 3.19. The second kappa shape index (κ2) is 3.91. The third-order valence-electron chi connectivity index (χ3n) is 1.08. The van der Waals surface area contributed by atoms with E-state index in [4.69, 9.17) is 4.74 Å². The topological polar surface area (TPSA) is 9.23 Å². The van der Waals surface area contributed by atoms with E-state index in [0.29, 0.717) is 5.75 Å². The molecule has 0 fully saturated rings. The van der Waals surface area contributed by atoms with Gasteiger partial charge in [-0.05, 0) is 12.1 Å². The first kappa shape index (κ1) is 7.98. The lowest BCUT2D eigenvalue weighted by Gasteiger charge is -2.01. The zero-order chi connectivity index (χ0) is 8.10. The van der Waals surface area contributed by atoms with Crippen LogP contribution in [0.15, 0.2) is 18.2 Å². The summed E-state index contributed by atoms with van der Waals surface area (Å²) in [5, 5.41) is 0. The molecule has 1 rings (SSSR count). The van der Waals surface area contributed by atoms with E-state index >= 15 is 0 Å². The van der Waals surface area contributed by atoms with Crippen LogP contribution in [0.5, 0.6) is 5.75 Å². The van der Waals surface area contributed by atoms with Crippen LogP contribution in [-0.2, 0) is 0 Å². The van der Waals surface area contributed by atoms with E-state index in [2.05, 4.69) is 6.07 Å². The Balaban J connectivity index is 2.56. The largest absolute Gasteiger partial charge is 0.491 e. The number of halogens is 2. The van der Waals surface area contributed by atoms with E-state index in [0.717, 1.165) is 6.07 Å². The van der Waals surface area contributed by atoms with E-state index in [-0.39, 0.29) is 6.61 Å². The van der Waals surface area contributed by atoms with Gasteiger partial charge in [0.1, 0.15) is 24.8 Å². The predicted octanol–water partition coefficient (Wildman–Crippen LogP) is 1.97. The Morgan fingerprint density at radius 1 is 1.55 bits per heavy atom. The summed E-state index contributed by atoms with van der Waals surface area (Å²) in [6.07, 6.45) is 0. The molecule has 0 saturated carbocycles. The Labute approximate surface area is 63.6 Å². The lowest BCUT2D eigenvalue weighted by atomic mass is 10.3. The van der Waals surface area contributed by atoms with Crippen molar-refractivity contribution in [1.29, 1.82) is 0 Å². The number of benzene rings is 1. The maximum Gasteiger partial charge on any atom is 0.134 e. The normalized spacial score (nSPS) is 9.64. The van der Waals surface area contributed by atoms with Gasteiger partial charge in [-0.25, -0.2) is 8.78 Å². The molecule has 0 amide bonds. The van der Waals surface area contributed by atoms with Gasteiger partial charge in [0, 0.05) is 12.1 Å². The van der Waals surface area contributed by atoms with Crippen molar-refractivity contribution in [3.05, 3.63) is 30.1 Å². The molecule has 11 heavy (non-hydrogen) atoms. The molecule has 0 aromatic heterocycles. The van der Waals surface area contributed by atoms with Crippen molar-refractivity contribution < 1.29 is 13.5 Å². The average molecular weight is 157 g/mol. The molecule has 0 saturated heterocycles. The quantitative estimate of drug-likeness (QED) is 0.651. The third kappa shape index (κ3) is 2.53. The van der Waals surface area contributed by atoms with Crippen LogP contribution in [-0.4, -0.2) is 13.3 Å². The fourth-order valence-electron chi connectivity index (χ4n) is 0.664. The van der Waals surface area contributed by atoms with Gasteiger partial charge in [0.05, 0.1) is 0 Å². The number of alkyl halides is 1. The number of hydrogen-bond acceptors (Lipinski definition) is 1. The zero-order valence-corrected chi connectivity index (χ0v) is 5.81. The first-order chi connectivity index (χ1) is 5.33. The average Bonchev–Trinajstić information content (AvgIpc) is 2.01. The van der Waals surface area contributed by atoms with Gasteiger partial charge in [-0.2, -0.15) is 0 Å². The molecule has 0 aliphatic rings. The molecule has 1 radical (unpaired) electrons. The standard InChI is InChI=1S/C8H7F2O/c9-4-5-11-8-3-1-2-7(10)6-8/h1,3,6H,4-5H2.